The molecule has 0 radical (unpaired) electrons. The van der Waals surface area contributed by atoms with Crippen LogP contribution >= 0.6 is 11.3 Å². The van der Waals surface area contributed by atoms with E-state index in [0.29, 0.717) is 6.42 Å². The molecule has 0 aliphatic heterocycles. The summed E-state index contributed by atoms with van der Waals surface area (Å²) in [5, 5.41) is 3.33. The molecule has 1 aromatic carbocycles. The van der Waals surface area contributed by atoms with E-state index in [4.69, 9.17) is 19.4 Å². The zero-order valence-electron chi connectivity index (χ0n) is 16.0. The van der Waals surface area contributed by atoms with E-state index in [0.717, 1.165) is 46.6 Å². The fourth-order valence-corrected chi connectivity index (χ4v) is 4.04. The summed E-state index contributed by atoms with van der Waals surface area (Å²) in [6.07, 6.45) is 0.654. The van der Waals surface area contributed by atoms with Crippen LogP contribution in [0, 0.1) is 6.92 Å². The van der Waals surface area contributed by atoms with Crippen LogP contribution in [-0.2, 0) is 6.42 Å². The first kappa shape index (κ1) is 18.5. The second-order valence-corrected chi connectivity index (χ2v) is 6.96. The highest BCUT2D eigenvalue weighted by atomic mass is 32.1. The van der Waals surface area contributed by atoms with Crippen LogP contribution in [0.2, 0.25) is 0 Å². The van der Waals surface area contributed by atoms with Crippen LogP contribution in [0.4, 0.5) is 5.82 Å². The van der Waals surface area contributed by atoms with Crippen LogP contribution in [0.3, 0.4) is 0 Å². The summed E-state index contributed by atoms with van der Waals surface area (Å²) in [6, 6.07) is 5.95. The number of aryl methyl sites for hydroxylation is 1. The molecule has 0 unspecified atom stereocenters. The largest absolute Gasteiger partial charge is 0.493 e. The van der Waals surface area contributed by atoms with E-state index < -0.39 is 0 Å². The fraction of sp³-hybridized carbons (Fsp3) is 0.400. The molecule has 0 atom stereocenters. The lowest BCUT2D eigenvalue weighted by atomic mass is 10.1. The molecule has 0 saturated carbocycles. The maximum Gasteiger partial charge on any atom is 0.161 e. The van der Waals surface area contributed by atoms with Gasteiger partial charge in [-0.2, -0.15) is 0 Å². The number of rotatable bonds is 7. The Labute approximate surface area is 158 Å². The van der Waals surface area contributed by atoms with Crippen molar-refractivity contribution in [3.8, 4) is 11.5 Å². The molecule has 26 heavy (non-hydrogen) atoms. The highest BCUT2D eigenvalue weighted by Gasteiger charge is 2.16. The lowest BCUT2D eigenvalue weighted by Gasteiger charge is -2.21. The van der Waals surface area contributed by atoms with Gasteiger partial charge in [0.25, 0.3) is 0 Å². The zero-order chi connectivity index (χ0) is 18.7. The summed E-state index contributed by atoms with van der Waals surface area (Å²) >= 11 is 1.68. The number of methoxy groups -OCH3 is 2. The SMILES string of the molecule is CCN(CC)c1nc(Cc2ccc(OC)c(OC)c2)nc2scc(C)c12. The van der Waals surface area contributed by atoms with Gasteiger partial charge < -0.3 is 14.4 Å². The van der Waals surface area contributed by atoms with Crippen molar-refractivity contribution in [3.63, 3.8) is 0 Å². The molecule has 0 N–H and O–H groups in total. The molecular weight excluding hydrogens is 346 g/mol. The lowest BCUT2D eigenvalue weighted by Crippen LogP contribution is -2.24. The second kappa shape index (κ2) is 7.91. The number of hydrogen-bond donors (Lipinski definition) is 0. The molecule has 0 aliphatic rings. The Morgan fingerprint density at radius 2 is 1.77 bits per heavy atom. The Kier molecular flexibility index (Phi) is 5.61. The molecule has 0 spiro atoms. The Morgan fingerprint density at radius 1 is 1.04 bits per heavy atom. The zero-order valence-corrected chi connectivity index (χ0v) is 16.8. The van der Waals surface area contributed by atoms with Crippen molar-refractivity contribution in [2.75, 3.05) is 32.2 Å². The monoisotopic (exact) mass is 371 g/mol. The fourth-order valence-electron chi connectivity index (χ4n) is 3.11. The van der Waals surface area contributed by atoms with E-state index in [1.807, 2.05) is 18.2 Å². The smallest absolute Gasteiger partial charge is 0.161 e. The molecule has 0 bridgehead atoms. The number of nitrogens with zero attached hydrogens (tertiary/aromatic N) is 3. The van der Waals surface area contributed by atoms with Gasteiger partial charge in [-0.25, -0.2) is 9.97 Å². The summed E-state index contributed by atoms with van der Waals surface area (Å²) < 4.78 is 10.7. The predicted octanol–water partition coefficient (Wildman–Crippen LogP) is 4.45. The average molecular weight is 372 g/mol. The molecule has 0 amide bonds. The van der Waals surface area contributed by atoms with Gasteiger partial charge in [0.15, 0.2) is 11.5 Å². The molecule has 6 heteroatoms. The van der Waals surface area contributed by atoms with Crippen LogP contribution in [-0.4, -0.2) is 37.3 Å². The third kappa shape index (κ3) is 3.46. The van der Waals surface area contributed by atoms with Crippen molar-refractivity contribution in [2.45, 2.75) is 27.2 Å². The van der Waals surface area contributed by atoms with E-state index in [2.05, 4.69) is 31.1 Å². The molecule has 138 valence electrons. The highest BCUT2D eigenvalue weighted by Crippen LogP contribution is 2.33. The first-order chi connectivity index (χ1) is 12.6. The van der Waals surface area contributed by atoms with Crippen LogP contribution in [0.5, 0.6) is 11.5 Å². The molecule has 2 aromatic heterocycles. The maximum absolute atomic E-state index is 5.41. The van der Waals surface area contributed by atoms with E-state index in [1.54, 1.807) is 25.6 Å². The molecule has 2 heterocycles. The third-order valence-electron chi connectivity index (χ3n) is 4.52. The molecule has 5 nitrogen and oxygen atoms in total. The normalized spacial score (nSPS) is 11.0. The van der Waals surface area contributed by atoms with Crippen LogP contribution in [0.1, 0.15) is 30.8 Å². The number of hydrogen-bond acceptors (Lipinski definition) is 6. The van der Waals surface area contributed by atoms with Crippen molar-refractivity contribution in [1.29, 1.82) is 0 Å². The first-order valence-electron chi connectivity index (χ1n) is 8.81. The van der Waals surface area contributed by atoms with Gasteiger partial charge >= 0.3 is 0 Å². The maximum atomic E-state index is 5.41. The topological polar surface area (TPSA) is 47.5 Å². The standard InChI is InChI=1S/C20H25N3O2S/c1-6-23(7-2)19-18-13(3)12-26-20(18)22-17(21-19)11-14-8-9-15(24-4)16(10-14)25-5/h8-10,12H,6-7,11H2,1-5H3. The van der Waals surface area contributed by atoms with Gasteiger partial charge in [-0.3, -0.25) is 0 Å². The van der Waals surface area contributed by atoms with Gasteiger partial charge in [0, 0.05) is 19.5 Å². The van der Waals surface area contributed by atoms with E-state index in [9.17, 15) is 0 Å². The summed E-state index contributed by atoms with van der Waals surface area (Å²) in [5.41, 5.74) is 2.34. The van der Waals surface area contributed by atoms with Gasteiger partial charge in [-0.05, 0) is 49.4 Å². The van der Waals surface area contributed by atoms with Crippen LogP contribution in [0.25, 0.3) is 10.2 Å². The number of aromatic nitrogens is 2. The Bertz CT molecular complexity index is 903. The first-order valence-corrected chi connectivity index (χ1v) is 9.69. The minimum Gasteiger partial charge on any atom is -0.493 e. The van der Waals surface area contributed by atoms with Crippen molar-refractivity contribution >= 4 is 27.4 Å². The van der Waals surface area contributed by atoms with E-state index in [1.165, 1.54) is 10.9 Å². The van der Waals surface area contributed by atoms with Crippen molar-refractivity contribution in [1.82, 2.24) is 9.97 Å². The van der Waals surface area contributed by atoms with Gasteiger partial charge in [-0.1, -0.05) is 6.07 Å². The van der Waals surface area contributed by atoms with Gasteiger partial charge in [0.05, 0.1) is 19.6 Å². The summed E-state index contributed by atoms with van der Waals surface area (Å²) in [6.45, 7) is 8.30. The van der Waals surface area contributed by atoms with Gasteiger partial charge in [0.2, 0.25) is 0 Å². The third-order valence-corrected chi connectivity index (χ3v) is 5.51. The molecule has 0 aliphatic carbocycles. The summed E-state index contributed by atoms with van der Waals surface area (Å²) in [4.78, 5) is 13.1. The van der Waals surface area contributed by atoms with Crippen molar-refractivity contribution < 1.29 is 9.47 Å². The highest BCUT2D eigenvalue weighted by molar-refractivity contribution is 7.17. The Morgan fingerprint density at radius 3 is 2.42 bits per heavy atom. The van der Waals surface area contributed by atoms with Crippen molar-refractivity contribution in [2.24, 2.45) is 0 Å². The molecular formula is C20H25N3O2S. The van der Waals surface area contributed by atoms with E-state index in [-0.39, 0.29) is 0 Å². The quantitative estimate of drug-likeness (QED) is 0.614. The molecule has 3 rings (SSSR count). The van der Waals surface area contributed by atoms with Crippen LogP contribution in [0.15, 0.2) is 23.6 Å². The summed E-state index contributed by atoms with van der Waals surface area (Å²) in [5.74, 6) is 3.31. The number of ether oxygens (including phenoxy) is 2. The Balaban J connectivity index is 2.03. The molecule has 0 fully saturated rings. The summed E-state index contributed by atoms with van der Waals surface area (Å²) in [7, 11) is 3.29. The predicted molar refractivity (Wildman–Crippen MR) is 108 cm³/mol. The van der Waals surface area contributed by atoms with Gasteiger partial charge in [-0.15, -0.1) is 11.3 Å². The second-order valence-electron chi connectivity index (χ2n) is 6.10. The van der Waals surface area contributed by atoms with E-state index >= 15 is 0 Å². The number of anilines is 1. The Hall–Kier alpha value is -2.34. The molecule has 0 saturated heterocycles. The number of thiophene rings is 1. The minimum absolute atomic E-state index is 0.654. The number of fused-ring (bicyclic) bond motifs is 1. The average Bonchev–Trinajstić information content (AvgIpc) is 3.03. The minimum atomic E-state index is 0.654. The van der Waals surface area contributed by atoms with Gasteiger partial charge in [0.1, 0.15) is 16.5 Å². The lowest BCUT2D eigenvalue weighted by molar-refractivity contribution is 0.354. The number of benzene rings is 1. The van der Waals surface area contributed by atoms with Crippen molar-refractivity contribution in [3.05, 3.63) is 40.5 Å². The molecule has 3 aromatic rings. The van der Waals surface area contributed by atoms with Crippen LogP contribution < -0.4 is 14.4 Å².